The molecule has 1 atom stereocenters. The third kappa shape index (κ3) is 3.03. The van der Waals surface area contributed by atoms with Crippen molar-refractivity contribution in [1.29, 1.82) is 0 Å². The molecule has 0 radical (unpaired) electrons. The number of allylic oxidation sites excluding steroid dienone is 1. The smallest absolute Gasteiger partial charge is 0.255 e. The maximum absolute atomic E-state index is 13.2. The van der Waals surface area contributed by atoms with E-state index in [0.717, 1.165) is 16.9 Å². The van der Waals surface area contributed by atoms with Crippen LogP contribution in [0.25, 0.3) is 0 Å². The molecule has 4 rings (SSSR count). The summed E-state index contributed by atoms with van der Waals surface area (Å²) in [5, 5.41) is 10.5. The van der Waals surface area contributed by atoms with E-state index >= 15 is 0 Å². The van der Waals surface area contributed by atoms with E-state index in [-0.39, 0.29) is 5.91 Å². The number of nitrogens with zero attached hydrogens (tertiary/aromatic N) is 3. The SMILES string of the molecule is COc1ccccc1[C@@H]1C(C(=O)Nc2ccccc2)=C(C)Nc2ncnn21. The Morgan fingerprint density at radius 2 is 1.89 bits per heavy atom. The van der Waals surface area contributed by atoms with E-state index in [0.29, 0.717) is 17.3 Å². The number of methoxy groups -OCH3 is 1. The lowest BCUT2D eigenvalue weighted by molar-refractivity contribution is -0.113. The van der Waals surface area contributed by atoms with E-state index in [2.05, 4.69) is 20.7 Å². The van der Waals surface area contributed by atoms with Crippen molar-refractivity contribution in [2.24, 2.45) is 0 Å². The van der Waals surface area contributed by atoms with Gasteiger partial charge >= 0.3 is 0 Å². The first kappa shape index (κ1) is 16.8. The van der Waals surface area contributed by atoms with Gasteiger partial charge < -0.3 is 15.4 Å². The Balaban J connectivity index is 1.81. The summed E-state index contributed by atoms with van der Waals surface area (Å²) in [5.41, 5.74) is 2.85. The van der Waals surface area contributed by atoms with Crippen LogP contribution in [0.1, 0.15) is 18.5 Å². The fourth-order valence-electron chi connectivity index (χ4n) is 3.28. The van der Waals surface area contributed by atoms with Crippen LogP contribution in [0.3, 0.4) is 0 Å². The molecule has 1 aromatic heterocycles. The quantitative estimate of drug-likeness (QED) is 0.746. The maximum atomic E-state index is 13.2. The molecule has 1 aliphatic heterocycles. The van der Waals surface area contributed by atoms with Crippen molar-refractivity contribution < 1.29 is 9.53 Å². The number of hydrogen-bond donors (Lipinski definition) is 2. The summed E-state index contributed by atoms with van der Waals surface area (Å²) in [6, 6.07) is 16.5. The molecule has 1 amide bonds. The van der Waals surface area contributed by atoms with Crippen LogP contribution in [0.2, 0.25) is 0 Å². The van der Waals surface area contributed by atoms with Gasteiger partial charge in [-0.3, -0.25) is 4.79 Å². The number of para-hydroxylation sites is 2. The van der Waals surface area contributed by atoms with Gasteiger partial charge in [0, 0.05) is 16.9 Å². The van der Waals surface area contributed by atoms with Crippen LogP contribution in [-0.2, 0) is 4.79 Å². The molecule has 2 heterocycles. The molecule has 0 unspecified atom stereocenters. The molecule has 0 fully saturated rings. The molecule has 0 spiro atoms. The van der Waals surface area contributed by atoms with Gasteiger partial charge in [-0.2, -0.15) is 10.1 Å². The van der Waals surface area contributed by atoms with Crippen LogP contribution in [0.15, 0.2) is 72.2 Å². The lowest BCUT2D eigenvalue weighted by atomic mass is 9.94. The van der Waals surface area contributed by atoms with Crippen molar-refractivity contribution in [3.63, 3.8) is 0 Å². The van der Waals surface area contributed by atoms with Gasteiger partial charge in [0.25, 0.3) is 5.91 Å². The number of carbonyl (C=O) groups is 1. The van der Waals surface area contributed by atoms with E-state index in [4.69, 9.17) is 4.74 Å². The molecule has 7 heteroatoms. The van der Waals surface area contributed by atoms with Gasteiger partial charge in [-0.15, -0.1) is 0 Å². The first-order valence-corrected chi connectivity index (χ1v) is 8.55. The first-order chi connectivity index (χ1) is 13.2. The number of ether oxygens (including phenoxy) is 1. The third-order valence-corrected chi connectivity index (χ3v) is 4.50. The molecule has 1 aliphatic rings. The second-order valence-electron chi connectivity index (χ2n) is 6.16. The van der Waals surface area contributed by atoms with Gasteiger partial charge in [0.15, 0.2) is 0 Å². The van der Waals surface area contributed by atoms with E-state index in [9.17, 15) is 4.79 Å². The molecule has 2 N–H and O–H groups in total. The van der Waals surface area contributed by atoms with Crippen molar-refractivity contribution >= 4 is 17.5 Å². The van der Waals surface area contributed by atoms with E-state index in [1.165, 1.54) is 6.33 Å². The molecule has 0 bridgehead atoms. The first-order valence-electron chi connectivity index (χ1n) is 8.55. The van der Waals surface area contributed by atoms with Crippen molar-refractivity contribution in [3.05, 3.63) is 77.8 Å². The van der Waals surface area contributed by atoms with E-state index < -0.39 is 6.04 Å². The van der Waals surface area contributed by atoms with Gasteiger partial charge in [0.05, 0.1) is 12.7 Å². The fraction of sp³-hybridized carbons (Fsp3) is 0.150. The molecule has 27 heavy (non-hydrogen) atoms. The van der Waals surface area contributed by atoms with Gasteiger partial charge in [0.1, 0.15) is 18.1 Å². The molecule has 136 valence electrons. The zero-order valence-corrected chi connectivity index (χ0v) is 15.0. The molecular formula is C20H19N5O2. The number of hydrogen-bond acceptors (Lipinski definition) is 5. The summed E-state index contributed by atoms with van der Waals surface area (Å²) in [4.78, 5) is 17.4. The number of nitrogens with one attached hydrogen (secondary N) is 2. The van der Waals surface area contributed by atoms with Gasteiger partial charge in [0.2, 0.25) is 5.95 Å². The van der Waals surface area contributed by atoms with Crippen molar-refractivity contribution in [3.8, 4) is 5.75 Å². The fourth-order valence-corrected chi connectivity index (χ4v) is 3.28. The van der Waals surface area contributed by atoms with Gasteiger partial charge in [-0.05, 0) is 25.1 Å². The highest BCUT2D eigenvalue weighted by Crippen LogP contribution is 2.38. The Labute approximate surface area is 156 Å². The maximum Gasteiger partial charge on any atom is 0.255 e. The number of anilines is 2. The zero-order chi connectivity index (χ0) is 18.8. The number of benzene rings is 2. The standard InChI is InChI=1S/C20H19N5O2/c1-13-17(19(26)24-14-8-4-3-5-9-14)18(25-20(23-13)21-12-22-25)15-10-6-7-11-16(15)27-2/h3-12,18H,1-2H3,(H,24,26)(H,21,22,23)/t18-/m1/s1. The molecule has 3 aromatic rings. The highest BCUT2D eigenvalue weighted by atomic mass is 16.5. The zero-order valence-electron chi connectivity index (χ0n) is 15.0. The summed E-state index contributed by atoms with van der Waals surface area (Å²) in [6.07, 6.45) is 1.47. The Morgan fingerprint density at radius 3 is 2.67 bits per heavy atom. The Hall–Kier alpha value is -3.61. The van der Waals surface area contributed by atoms with Crippen molar-refractivity contribution in [2.45, 2.75) is 13.0 Å². The minimum atomic E-state index is -0.455. The third-order valence-electron chi connectivity index (χ3n) is 4.50. The minimum Gasteiger partial charge on any atom is -0.496 e. The van der Waals surface area contributed by atoms with Crippen LogP contribution in [0, 0.1) is 0 Å². The number of carbonyl (C=O) groups excluding carboxylic acids is 1. The van der Waals surface area contributed by atoms with Gasteiger partial charge in [-0.25, -0.2) is 4.68 Å². The summed E-state index contributed by atoms with van der Waals surface area (Å²) >= 11 is 0. The van der Waals surface area contributed by atoms with Gasteiger partial charge in [-0.1, -0.05) is 36.4 Å². The van der Waals surface area contributed by atoms with E-state index in [1.807, 2.05) is 61.5 Å². The van der Waals surface area contributed by atoms with Crippen LogP contribution in [-0.4, -0.2) is 27.8 Å². The van der Waals surface area contributed by atoms with Crippen molar-refractivity contribution in [2.75, 3.05) is 17.7 Å². The predicted octanol–water partition coefficient (Wildman–Crippen LogP) is 3.21. The summed E-state index contributed by atoms with van der Waals surface area (Å²) < 4.78 is 7.23. The topological polar surface area (TPSA) is 81.1 Å². The average Bonchev–Trinajstić information content (AvgIpc) is 3.15. The Bertz CT molecular complexity index is 1010. The molecular weight excluding hydrogens is 342 g/mol. The Morgan fingerprint density at radius 1 is 1.15 bits per heavy atom. The van der Waals surface area contributed by atoms with E-state index in [1.54, 1.807) is 11.8 Å². The second-order valence-corrected chi connectivity index (χ2v) is 6.16. The summed E-state index contributed by atoms with van der Waals surface area (Å²) in [5.74, 6) is 1.06. The lowest BCUT2D eigenvalue weighted by Gasteiger charge is -2.29. The molecule has 7 nitrogen and oxygen atoms in total. The predicted molar refractivity (Wildman–Crippen MR) is 103 cm³/mol. The summed E-state index contributed by atoms with van der Waals surface area (Å²) in [7, 11) is 1.61. The van der Waals surface area contributed by atoms with Crippen LogP contribution >= 0.6 is 0 Å². The minimum absolute atomic E-state index is 0.205. The largest absolute Gasteiger partial charge is 0.496 e. The summed E-state index contributed by atoms with van der Waals surface area (Å²) in [6.45, 7) is 1.86. The monoisotopic (exact) mass is 361 g/mol. The Kier molecular flexibility index (Phi) is 4.33. The molecule has 0 aliphatic carbocycles. The van der Waals surface area contributed by atoms with Crippen LogP contribution < -0.4 is 15.4 Å². The number of aromatic nitrogens is 3. The van der Waals surface area contributed by atoms with Crippen LogP contribution in [0.4, 0.5) is 11.6 Å². The highest BCUT2D eigenvalue weighted by molar-refractivity contribution is 6.06. The molecule has 0 saturated carbocycles. The molecule has 2 aromatic carbocycles. The normalized spacial score (nSPS) is 15.7. The molecule has 0 saturated heterocycles. The van der Waals surface area contributed by atoms with Crippen molar-refractivity contribution in [1.82, 2.24) is 14.8 Å². The lowest BCUT2D eigenvalue weighted by Crippen LogP contribution is -2.31. The highest BCUT2D eigenvalue weighted by Gasteiger charge is 2.34. The second kappa shape index (κ2) is 6.95. The average molecular weight is 361 g/mol. The number of fused-ring (bicyclic) bond motifs is 1. The number of rotatable bonds is 4. The number of amides is 1. The van der Waals surface area contributed by atoms with Crippen LogP contribution in [0.5, 0.6) is 5.75 Å².